The highest BCUT2D eigenvalue weighted by atomic mass is 16.3. The van der Waals surface area contributed by atoms with E-state index < -0.39 is 0 Å². The summed E-state index contributed by atoms with van der Waals surface area (Å²) in [5.74, 6) is 2.45. The zero-order valence-electron chi connectivity index (χ0n) is 16.4. The summed E-state index contributed by atoms with van der Waals surface area (Å²) in [5, 5.41) is 22.4. The Morgan fingerprint density at radius 1 is 1.17 bits per heavy atom. The second kappa shape index (κ2) is 8.34. The second-order valence-corrected chi connectivity index (χ2v) is 7.60. The molecule has 1 fully saturated rings. The number of carbonyl (C=O) groups excluding carboxylic acids is 1. The molecule has 4 N–H and O–H groups in total. The third-order valence-corrected chi connectivity index (χ3v) is 5.05. The molecule has 0 aliphatic heterocycles. The normalized spacial score (nSPS) is 14.4. The third kappa shape index (κ3) is 5.13. The maximum atomic E-state index is 12.2. The first-order valence-corrected chi connectivity index (χ1v) is 9.95. The number of anilines is 1. The van der Waals surface area contributed by atoms with Crippen LogP contribution in [0.15, 0.2) is 48.5 Å². The number of aromatic amines is 1. The van der Waals surface area contributed by atoms with E-state index >= 15 is 0 Å². The number of H-pyrrole nitrogens is 1. The molecule has 1 aliphatic rings. The molecule has 0 saturated heterocycles. The smallest absolute Gasteiger partial charge is 0.319 e. The van der Waals surface area contributed by atoms with E-state index in [1.807, 2.05) is 43.3 Å². The van der Waals surface area contributed by atoms with Gasteiger partial charge in [-0.15, -0.1) is 0 Å². The summed E-state index contributed by atoms with van der Waals surface area (Å²) >= 11 is 0. The summed E-state index contributed by atoms with van der Waals surface area (Å²) in [7, 11) is 0. The van der Waals surface area contributed by atoms with Gasteiger partial charge < -0.3 is 15.7 Å². The highest BCUT2D eigenvalue weighted by molar-refractivity contribution is 5.89. The number of hydrogen-bond donors (Lipinski definition) is 4. The molecule has 0 radical (unpaired) electrons. The van der Waals surface area contributed by atoms with Gasteiger partial charge in [-0.2, -0.15) is 5.10 Å². The molecule has 1 aromatic heterocycles. The third-order valence-electron chi connectivity index (χ3n) is 5.05. The SMILES string of the molecule is CC(CCc1ccc(O)cc1)NC(=O)Nc1ccc(-c2n[nH]c(C3CC3)n2)cc1. The van der Waals surface area contributed by atoms with Crippen LogP contribution in [0.2, 0.25) is 0 Å². The highest BCUT2D eigenvalue weighted by Crippen LogP contribution is 2.38. The van der Waals surface area contributed by atoms with Gasteiger partial charge in [-0.1, -0.05) is 12.1 Å². The van der Waals surface area contributed by atoms with Crippen molar-refractivity contribution >= 4 is 11.7 Å². The van der Waals surface area contributed by atoms with Gasteiger partial charge in [0.25, 0.3) is 0 Å². The van der Waals surface area contributed by atoms with Crippen molar-refractivity contribution < 1.29 is 9.90 Å². The van der Waals surface area contributed by atoms with E-state index in [0.29, 0.717) is 11.7 Å². The van der Waals surface area contributed by atoms with Gasteiger partial charge in [0.05, 0.1) is 0 Å². The van der Waals surface area contributed by atoms with Crippen molar-refractivity contribution in [2.75, 3.05) is 5.32 Å². The molecule has 7 nitrogen and oxygen atoms in total. The summed E-state index contributed by atoms with van der Waals surface area (Å²) in [5.41, 5.74) is 2.76. The van der Waals surface area contributed by atoms with E-state index in [-0.39, 0.29) is 17.8 Å². The van der Waals surface area contributed by atoms with Crippen LogP contribution >= 0.6 is 0 Å². The van der Waals surface area contributed by atoms with Crippen molar-refractivity contribution in [3.8, 4) is 17.1 Å². The molecule has 4 rings (SSSR count). The largest absolute Gasteiger partial charge is 0.508 e. The summed E-state index contributed by atoms with van der Waals surface area (Å²) in [4.78, 5) is 16.8. The van der Waals surface area contributed by atoms with Gasteiger partial charge in [0.1, 0.15) is 11.6 Å². The van der Waals surface area contributed by atoms with Gasteiger partial charge in [0, 0.05) is 23.2 Å². The van der Waals surface area contributed by atoms with E-state index in [1.54, 1.807) is 12.1 Å². The molecule has 2 amide bonds. The fourth-order valence-corrected chi connectivity index (χ4v) is 3.15. The van der Waals surface area contributed by atoms with Crippen molar-refractivity contribution in [3.05, 3.63) is 59.9 Å². The van der Waals surface area contributed by atoms with E-state index in [9.17, 15) is 9.90 Å². The molecule has 1 aliphatic carbocycles. The number of nitrogens with one attached hydrogen (secondary N) is 3. The number of carbonyl (C=O) groups is 1. The van der Waals surface area contributed by atoms with Gasteiger partial charge in [0.15, 0.2) is 5.82 Å². The number of rotatable bonds is 7. The minimum absolute atomic E-state index is 0.0252. The van der Waals surface area contributed by atoms with E-state index in [2.05, 4.69) is 25.8 Å². The number of nitrogens with zero attached hydrogens (tertiary/aromatic N) is 2. The van der Waals surface area contributed by atoms with E-state index in [1.165, 1.54) is 12.8 Å². The number of phenolic OH excluding ortho intramolecular Hbond substituents is 1. The Kier molecular flexibility index (Phi) is 5.46. The molecule has 1 unspecified atom stereocenters. The number of amides is 2. The molecule has 150 valence electrons. The van der Waals surface area contributed by atoms with E-state index in [0.717, 1.165) is 35.5 Å². The molecule has 1 atom stereocenters. The lowest BCUT2D eigenvalue weighted by Gasteiger charge is -2.15. The lowest BCUT2D eigenvalue weighted by atomic mass is 10.1. The quantitative estimate of drug-likeness (QED) is 0.485. The highest BCUT2D eigenvalue weighted by Gasteiger charge is 2.27. The van der Waals surface area contributed by atoms with E-state index in [4.69, 9.17) is 0 Å². The average Bonchev–Trinajstić information content (AvgIpc) is 3.45. The fraction of sp³-hybridized carbons (Fsp3) is 0.318. The lowest BCUT2D eigenvalue weighted by Crippen LogP contribution is -2.36. The predicted octanol–water partition coefficient (Wildman–Crippen LogP) is 4.20. The van der Waals surface area contributed by atoms with Crippen LogP contribution in [0.5, 0.6) is 5.75 Å². The Bertz CT molecular complexity index is 962. The topological polar surface area (TPSA) is 103 Å². The van der Waals surface area contributed by atoms with Crippen LogP contribution in [-0.4, -0.2) is 32.4 Å². The Balaban J connectivity index is 1.25. The fourth-order valence-electron chi connectivity index (χ4n) is 3.15. The molecule has 0 spiro atoms. The monoisotopic (exact) mass is 391 g/mol. The van der Waals surface area contributed by atoms with Gasteiger partial charge in [-0.25, -0.2) is 9.78 Å². The number of phenols is 1. The van der Waals surface area contributed by atoms with Crippen LogP contribution in [0.4, 0.5) is 10.5 Å². The maximum Gasteiger partial charge on any atom is 0.319 e. The Morgan fingerprint density at radius 3 is 2.59 bits per heavy atom. The Morgan fingerprint density at radius 2 is 1.90 bits per heavy atom. The van der Waals surface area contributed by atoms with Crippen molar-refractivity contribution in [1.82, 2.24) is 20.5 Å². The summed E-state index contributed by atoms with van der Waals surface area (Å²) in [6.45, 7) is 1.98. The molecular weight excluding hydrogens is 366 g/mol. The molecule has 2 aromatic carbocycles. The van der Waals surface area contributed by atoms with Gasteiger partial charge in [0.2, 0.25) is 0 Å². The van der Waals surface area contributed by atoms with Crippen molar-refractivity contribution in [2.24, 2.45) is 0 Å². The van der Waals surface area contributed by atoms with Crippen LogP contribution in [-0.2, 0) is 6.42 Å². The number of benzene rings is 2. The summed E-state index contributed by atoms with van der Waals surface area (Å²) in [6.07, 6.45) is 4.00. The van der Waals surface area contributed by atoms with Crippen LogP contribution < -0.4 is 10.6 Å². The first-order valence-electron chi connectivity index (χ1n) is 9.95. The van der Waals surface area contributed by atoms with Crippen molar-refractivity contribution in [3.63, 3.8) is 0 Å². The first kappa shape index (κ1) is 19.0. The van der Waals surface area contributed by atoms with Crippen molar-refractivity contribution in [2.45, 2.75) is 44.6 Å². The minimum atomic E-state index is -0.232. The number of urea groups is 1. The molecule has 0 bridgehead atoms. The van der Waals surface area contributed by atoms with Gasteiger partial charge in [-0.3, -0.25) is 5.10 Å². The van der Waals surface area contributed by atoms with Crippen LogP contribution in [0.25, 0.3) is 11.4 Å². The molecule has 7 heteroatoms. The lowest BCUT2D eigenvalue weighted by molar-refractivity contribution is 0.248. The van der Waals surface area contributed by atoms with Crippen LogP contribution in [0, 0.1) is 0 Å². The average molecular weight is 391 g/mol. The molecule has 1 heterocycles. The molecule has 3 aromatic rings. The zero-order valence-corrected chi connectivity index (χ0v) is 16.4. The number of aromatic hydroxyl groups is 1. The van der Waals surface area contributed by atoms with Gasteiger partial charge >= 0.3 is 6.03 Å². The number of aromatic nitrogens is 3. The maximum absolute atomic E-state index is 12.2. The van der Waals surface area contributed by atoms with Crippen molar-refractivity contribution in [1.29, 1.82) is 0 Å². The Hall–Kier alpha value is -3.35. The van der Waals surface area contributed by atoms with Crippen LogP contribution in [0.1, 0.15) is 43.5 Å². The predicted molar refractivity (Wildman–Crippen MR) is 112 cm³/mol. The number of hydrogen-bond acceptors (Lipinski definition) is 4. The molecular formula is C22H25N5O2. The Labute approximate surface area is 169 Å². The molecule has 1 saturated carbocycles. The molecule has 29 heavy (non-hydrogen) atoms. The van der Waals surface area contributed by atoms with Gasteiger partial charge in [-0.05, 0) is 74.6 Å². The first-order chi connectivity index (χ1) is 14.1. The number of aryl methyl sites for hydroxylation is 1. The zero-order chi connectivity index (χ0) is 20.2. The summed E-state index contributed by atoms with van der Waals surface area (Å²) in [6, 6.07) is 14.4. The van der Waals surface area contributed by atoms with Crippen LogP contribution in [0.3, 0.4) is 0 Å². The standard InChI is InChI=1S/C22H25N5O2/c1-14(2-3-15-4-12-19(28)13-5-15)23-22(29)24-18-10-8-17(9-11-18)21-25-20(26-27-21)16-6-7-16/h4-5,8-14,16,28H,2-3,6-7H2,1H3,(H2,23,24,29)(H,25,26,27). The second-order valence-electron chi connectivity index (χ2n) is 7.60. The minimum Gasteiger partial charge on any atom is -0.508 e. The summed E-state index contributed by atoms with van der Waals surface area (Å²) < 4.78 is 0.